The zero-order valence-corrected chi connectivity index (χ0v) is 15.1. The Kier molecular flexibility index (Phi) is 6.74. The molecule has 0 spiro atoms. The van der Waals surface area contributed by atoms with Crippen molar-refractivity contribution in [3.05, 3.63) is 26.8 Å². The first kappa shape index (κ1) is 16.9. The van der Waals surface area contributed by atoms with Crippen LogP contribution < -0.4 is 5.56 Å². The van der Waals surface area contributed by atoms with Gasteiger partial charge in [-0.2, -0.15) is 0 Å². The van der Waals surface area contributed by atoms with Gasteiger partial charge in [0.15, 0.2) is 0 Å². The van der Waals surface area contributed by atoms with Gasteiger partial charge in [0.2, 0.25) is 0 Å². The Bertz CT molecular complexity index is 465. The summed E-state index contributed by atoms with van der Waals surface area (Å²) < 4.78 is 2.34. The highest BCUT2D eigenvalue weighted by Crippen LogP contribution is 2.34. The van der Waals surface area contributed by atoms with Gasteiger partial charge in [0.1, 0.15) is 10.3 Å². The van der Waals surface area contributed by atoms with Crippen molar-refractivity contribution in [1.29, 1.82) is 0 Å². The van der Waals surface area contributed by atoms with Crippen LogP contribution in [0.3, 0.4) is 0 Å². The second-order valence-electron chi connectivity index (χ2n) is 5.18. The van der Waals surface area contributed by atoms with E-state index in [1.54, 1.807) is 10.8 Å². The SMILES string of the molecule is CCCC(CBr)(CCC)Cn1c(C)ncc(Br)c1=O. The predicted octanol–water partition coefficient (Wildman–Crippen LogP) is 4.30. The van der Waals surface area contributed by atoms with Crippen LogP contribution in [0.15, 0.2) is 15.5 Å². The Hall–Kier alpha value is -0.160. The molecule has 0 bridgehead atoms. The minimum Gasteiger partial charge on any atom is -0.295 e. The van der Waals surface area contributed by atoms with Crippen molar-refractivity contribution >= 4 is 31.9 Å². The normalized spacial score (nSPS) is 11.8. The third-order valence-electron chi connectivity index (χ3n) is 3.54. The highest BCUT2D eigenvalue weighted by atomic mass is 79.9. The lowest BCUT2D eigenvalue weighted by atomic mass is 9.81. The summed E-state index contributed by atoms with van der Waals surface area (Å²) in [5.74, 6) is 0.783. The molecule has 1 rings (SSSR count). The first-order valence-electron chi connectivity index (χ1n) is 6.77. The zero-order valence-electron chi connectivity index (χ0n) is 11.9. The Morgan fingerprint density at radius 1 is 1.32 bits per heavy atom. The lowest BCUT2D eigenvalue weighted by Gasteiger charge is -2.32. The van der Waals surface area contributed by atoms with Gasteiger partial charge in [0.25, 0.3) is 5.56 Å². The van der Waals surface area contributed by atoms with E-state index in [-0.39, 0.29) is 11.0 Å². The van der Waals surface area contributed by atoms with Crippen LogP contribution in [0.1, 0.15) is 45.4 Å². The fraction of sp³-hybridized carbons (Fsp3) is 0.714. The average molecular weight is 394 g/mol. The van der Waals surface area contributed by atoms with E-state index < -0.39 is 0 Å². The second kappa shape index (κ2) is 7.58. The highest BCUT2D eigenvalue weighted by Gasteiger charge is 2.29. The molecule has 0 saturated carbocycles. The summed E-state index contributed by atoms with van der Waals surface area (Å²) in [5, 5.41) is 0.917. The molecule has 0 aliphatic heterocycles. The molecule has 108 valence electrons. The number of hydrogen-bond acceptors (Lipinski definition) is 2. The summed E-state index contributed by atoms with van der Waals surface area (Å²) in [4.78, 5) is 16.5. The maximum Gasteiger partial charge on any atom is 0.267 e. The van der Waals surface area contributed by atoms with Crippen molar-refractivity contribution in [1.82, 2.24) is 9.55 Å². The fourth-order valence-corrected chi connectivity index (χ4v) is 3.65. The Balaban J connectivity index is 3.16. The van der Waals surface area contributed by atoms with Crippen molar-refractivity contribution in [2.75, 3.05) is 5.33 Å². The van der Waals surface area contributed by atoms with Crippen molar-refractivity contribution in [2.45, 2.75) is 53.0 Å². The van der Waals surface area contributed by atoms with Crippen molar-refractivity contribution in [3.8, 4) is 0 Å². The molecule has 0 aliphatic rings. The second-order valence-corrected chi connectivity index (χ2v) is 6.59. The number of nitrogens with zero attached hydrogens (tertiary/aromatic N) is 2. The molecule has 0 radical (unpaired) electrons. The smallest absolute Gasteiger partial charge is 0.267 e. The number of alkyl halides is 1. The van der Waals surface area contributed by atoms with Gasteiger partial charge in [-0.1, -0.05) is 42.6 Å². The lowest BCUT2D eigenvalue weighted by Crippen LogP contribution is -2.35. The van der Waals surface area contributed by atoms with Gasteiger partial charge in [0, 0.05) is 18.1 Å². The maximum atomic E-state index is 12.3. The van der Waals surface area contributed by atoms with Crippen molar-refractivity contribution in [3.63, 3.8) is 0 Å². The van der Waals surface area contributed by atoms with E-state index in [9.17, 15) is 4.79 Å². The van der Waals surface area contributed by atoms with E-state index in [1.807, 2.05) is 6.92 Å². The van der Waals surface area contributed by atoms with E-state index in [1.165, 1.54) is 0 Å². The summed E-state index contributed by atoms with van der Waals surface area (Å²) in [7, 11) is 0. The van der Waals surface area contributed by atoms with Gasteiger partial charge in [-0.25, -0.2) is 4.98 Å². The molecule has 1 heterocycles. The summed E-state index contributed by atoms with van der Waals surface area (Å²) in [6, 6.07) is 0. The number of aryl methyl sites for hydroxylation is 1. The van der Waals surface area contributed by atoms with Crippen LogP contribution in [-0.2, 0) is 6.54 Å². The fourth-order valence-electron chi connectivity index (χ4n) is 2.59. The van der Waals surface area contributed by atoms with Crippen molar-refractivity contribution in [2.24, 2.45) is 5.41 Å². The third-order valence-corrected chi connectivity index (χ3v) is 5.28. The molecule has 1 aromatic rings. The Morgan fingerprint density at radius 3 is 2.37 bits per heavy atom. The largest absolute Gasteiger partial charge is 0.295 e. The summed E-state index contributed by atoms with van der Waals surface area (Å²) in [6.45, 7) is 7.02. The van der Waals surface area contributed by atoms with Crippen molar-refractivity contribution < 1.29 is 0 Å². The minimum atomic E-state index is 0.0185. The van der Waals surface area contributed by atoms with Gasteiger partial charge in [-0.15, -0.1) is 0 Å². The first-order valence-corrected chi connectivity index (χ1v) is 8.69. The van der Waals surface area contributed by atoms with E-state index >= 15 is 0 Å². The molecule has 5 heteroatoms. The molecule has 0 N–H and O–H groups in total. The standard InChI is InChI=1S/C14H22Br2N2O/c1-4-6-14(9-15,7-5-2)10-18-11(3)17-8-12(16)13(18)19/h8H,4-7,9-10H2,1-3H3. The molecule has 0 aromatic carbocycles. The van der Waals surface area contributed by atoms with Crippen LogP contribution in [0.2, 0.25) is 0 Å². The van der Waals surface area contributed by atoms with Crippen LogP contribution in [0.5, 0.6) is 0 Å². The number of hydrogen-bond donors (Lipinski definition) is 0. The third kappa shape index (κ3) is 4.15. The molecule has 0 unspecified atom stereocenters. The predicted molar refractivity (Wildman–Crippen MR) is 87.0 cm³/mol. The van der Waals surface area contributed by atoms with Gasteiger partial charge >= 0.3 is 0 Å². The van der Waals surface area contributed by atoms with Crippen LogP contribution >= 0.6 is 31.9 Å². The van der Waals surface area contributed by atoms with Gasteiger partial charge < -0.3 is 0 Å². The molecule has 0 amide bonds. The summed E-state index contributed by atoms with van der Waals surface area (Å²) >= 11 is 6.93. The Labute approximate surface area is 132 Å². The molecule has 0 atom stereocenters. The van der Waals surface area contributed by atoms with Gasteiger partial charge in [-0.3, -0.25) is 9.36 Å². The van der Waals surface area contributed by atoms with Crippen LogP contribution in [0.4, 0.5) is 0 Å². The molecule has 0 fully saturated rings. The van der Waals surface area contributed by atoms with E-state index in [0.29, 0.717) is 4.47 Å². The molecular formula is C14H22Br2N2O. The monoisotopic (exact) mass is 392 g/mol. The molecule has 3 nitrogen and oxygen atoms in total. The molecular weight excluding hydrogens is 372 g/mol. The maximum absolute atomic E-state index is 12.3. The van der Waals surface area contributed by atoms with Crippen LogP contribution in [0, 0.1) is 12.3 Å². The lowest BCUT2D eigenvalue weighted by molar-refractivity contribution is 0.227. The topological polar surface area (TPSA) is 34.9 Å². The van der Waals surface area contributed by atoms with E-state index in [2.05, 4.69) is 50.7 Å². The molecule has 1 aromatic heterocycles. The number of halogens is 2. The zero-order chi connectivity index (χ0) is 14.5. The average Bonchev–Trinajstić information content (AvgIpc) is 2.39. The number of aromatic nitrogens is 2. The molecule has 19 heavy (non-hydrogen) atoms. The van der Waals surface area contributed by atoms with E-state index in [0.717, 1.165) is 43.4 Å². The highest BCUT2D eigenvalue weighted by molar-refractivity contribution is 9.10. The first-order chi connectivity index (χ1) is 8.99. The molecule has 0 aliphatic carbocycles. The quantitative estimate of drug-likeness (QED) is 0.647. The molecule has 0 saturated heterocycles. The Morgan fingerprint density at radius 2 is 1.89 bits per heavy atom. The van der Waals surface area contributed by atoms with Crippen LogP contribution in [-0.4, -0.2) is 14.9 Å². The van der Waals surface area contributed by atoms with E-state index in [4.69, 9.17) is 0 Å². The van der Waals surface area contributed by atoms with Gasteiger partial charge in [-0.05, 0) is 41.1 Å². The minimum absolute atomic E-state index is 0.0185. The summed E-state index contributed by atoms with van der Waals surface area (Å²) in [5.41, 5.74) is 0.158. The summed E-state index contributed by atoms with van der Waals surface area (Å²) in [6.07, 6.45) is 6.07. The van der Waals surface area contributed by atoms with Crippen LogP contribution in [0.25, 0.3) is 0 Å². The number of rotatable bonds is 7. The van der Waals surface area contributed by atoms with Gasteiger partial charge in [0.05, 0.1) is 0 Å².